The Kier molecular flexibility index (Phi) is 4.97. The third-order valence-electron chi connectivity index (χ3n) is 2.46. The fraction of sp³-hybridized carbons (Fsp3) is 0.462. The van der Waals surface area contributed by atoms with Gasteiger partial charge in [0, 0.05) is 5.56 Å². The van der Waals surface area contributed by atoms with Crippen LogP contribution in [0.1, 0.15) is 32.4 Å². The van der Waals surface area contributed by atoms with Crippen molar-refractivity contribution in [3.63, 3.8) is 0 Å². The summed E-state index contributed by atoms with van der Waals surface area (Å²) in [6.45, 7) is 6.11. The van der Waals surface area contributed by atoms with Crippen molar-refractivity contribution in [3.8, 4) is 5.75 Å². The van der Waals surface area contributed by atoms with Crippen molar-refractivity contribution in [2.24, 2.45) is 5.73 Å². The minimum absolute atomic E-state index is 0.115. The Bertz CT molecular complexity index is 377. The molecule has 0 spiro atoms. The lowest BCUT2D eigenvalue weighted by Crippen LogP contribution is -2.39. The van der Waals surface area contributed by atoms with Crippen LogP contribution in [0.15, 0.2) is 24.3 Å². The summed E-state index contributed by atoms with van der Waals surface area (Å²) in [7, 11) is 0. The highest BCUT2D eigenvalue weighted by Gasteiger charge is 2.15. The van der Waals surface area contributed by atoms with Crippen LogP contribution in [0.5, 0.6) is 5.75 Å². The van der Waals surface area contributed by atoms with Crippen LogP contribution in [-0.2, 0) is 4.79 Å². The molecule has 0 bridgehead atoms. The van der Waals surface area contributed by atoms with Crippen molar-refractivity contribution in [1.82, 2.24) is 5.32 Å². The van der Waals surface area contributed by atoms with Gasteiger partial charge in [0.2, 0.25) is 5.91 Å². The number of carbonyl (C=O) groups is 1. The second-order valence-corrected chi connectivity index (χ2v) is 3.99. The molecule has 4 heteroatoms. The van der Waals surface area contributed by atoms with Gasteiger partial charge in [0.05, 0.1) is 18.7 Å². The zero-order valence-corrected chi connectivity index (χ0v) is 10.6. The number of hydrogen-bond donors (Lipinski definition) is 2. The van der Waals surface area contributed by atoms with Crippen LogP contribution in [0.4, 0.5) is 0 Å². The summed E-state index contributed by atoms with van der Waals surface area (Å²) in [5.74, 6) is 0.635. The lowest BCUT2D eigenvalue weighted by atomic mass is 10.1. The lowest BCUT2D eigenvalue weighted by molar-refractivity contribution is -0.122. The predicted octanol–water partition coefficient (Wildman–Crippen LogP) is 1.61. The van der Waals surface area contributed by atoms with Gasteiger partial charge in [-0.15, -0.1) is 0 Å². The molecule has 1 aromatic rings. The first-order chi connectivity index (χ1) is 8.06. The zero-order valence-electron chi connectivity index (χ0n) is 10.6. The molecule has 0 saturated heterocycles. The van der Waals surface area contributed by atoms with Crippen molar-refractivity contribution in [3.05, 3.63) is 29.8 Å². The zero-order chi connectivity index (χ0) is 12.8. The molecule has 1 aromatic carbocycles. The van der Waals surface area contributed by atoms with Gasteiger partial charge in [0.15, 0.2) is 0 Å². The molecule has 0 aliphatic heterocycles. The predicted molar refractivity (Wildman–Crippen MR) is 67.8 cm³/mol. The number of nitrogens with two attached hydrogens (primary N) is 1. The summed E-state index contributed by atoms with van der Waals surface area (Å²) in [5, 5.41) is 2.85. The minimum atomic E-state index is -0.503. The molecule has 0 fully saturated rings. The number of rotatable bonds is 5. The third kappa shape index (κ3) is 3.75. The standard InChI is InChI=1S/C13H20N2O2/c1-4-17-12-8-6-5-7-11(12)10(3)15-13(16)9(2)14/h5-10H,4,14H2,1-3H3,(H,15,16)/t9-,10?/m1/s1. The summed E-state index contributed by atoms with van der Waals surface area (Å²) < 4.78 is 5.52. The maximum absolute atomic E-state index is 11.5. The van der Waals surface area contributed by atoms with E-state index in [2.05, 4.69) is 5.32 Å². The Balaban J connectivity index is 2.80. The van der Waals surface area contributed by atoms with Gasteiger partial charge < -0.3 is 15.8 Å². The topological polar surface area (TPSA) is 64.3 Å². The van der Waals surface area contributed by atoms with Gasteiger partial charge in [0.1, 0.15) is 5.75 Å². The van der Waals surface area contributed by atoms with E-state index < -0.39 is 6.04 Å². The number of para-hydroxylation sites is 1. The molecule has 0 aromatic heterocycles. The number of hydrogen-bond acceptors (Lipinski definition) is 3. The molecule has 0 saturated carbocycles. The molecular formula is C13H20N2O2. The summed E-state index contributed by atoms with van der Waals surface area (Å²) in [5.41, 5.74) is 6.48. The summed E-state index contributed by atoms with van der Waals surface area (Å²) in [6, 6.07) is 7.05. The summed E-state index contributed by atoms with van der Waals surface area (Å²) in [6.07, 6.45) is 0. The number of nitrogens with one attached hydrogen (secondary N) is 1. The van der Waals surface area contributed by atoms with E-state index in [0.717, 1.165) is 11.3 Å². The van der Waals surface area contributed by atoms with Gasteiger partial charge in [0.25, 0.3) is 0 Å². The molecule has 94 valence electrons. The summed E-state index contributed by atoms with van der Waals surface area (Å²) in [4.78, 5) is 11.5. The van der Waals surface area contributed by atoms with Gasteiger partial charge in [-0.25, -0.2) is 0 Å². The lowest BCUT2D eigenvalue weighted by Gasteiger charge is -2.18. The molecule has 3 N–H and O–H groups in total. The normalized spacial score (nSPS) is 13.9. The summed E-state index contributed by atoms with van der Waals surface area (Å²) >= 11 is 0. The fourth-order valence-electron chi connectivity index (χ4n) is 1.55. The second-order valence-electron chi connectivity index (χ2n) is 3.99. The fourth-order valence-corrected chi connectivity index (χ4v) is 1.55. The number of amides is 1. The molecule has 0 aliphatic rings. The highest BCUT2D eigenvalue weighted by atomic mass is 16.5. The molecule has 1 rings (SSSR count). The van der Waals surface area contributed by atoms with E-state index in [1.165, 1.54) is 0 Å². The quantitative estimate of drug-likeness (QED) is 0.816. The van der Waals surface area contributed by atoms with Gasteiger partial charge >= 0.3 is 0 Å². The molecule has 17 heavy (non-hydrogen) atoms. The van der Waals surface area contributed by atoms with Crippen molar-refractivity contribution >= 4 is 5.91 Å². The maximum atomic E-state index is 11.5. The molecule has 0 heterocycles. The van der Waals surface area contributed by atoms with E-state index in [0.29, 0.717) is 6.61 Å². The minimum Gasteiger partial charge on any atom is -0.494 e. The van der Waals surface area contributed by atoms with Crippen molar-refractivity contribution in [2.75, 3.05) is 6.61 Å². The van der Waals surface area contributed by atoms with Gasteiger partial charge in [-0.1, -0.05) is 18.2 Å². The highest BCUT2D eigenvalue weighted by Crippen LogP contribution is 2.24. The first-order valence-corrected chi connectivity index (χ1v) is 5.84. The van der Waals surface area contributed by atoms with E-state index in [4.69, 9.17) is 10.5 Å². The largest absolute Gasteiger partial charge is 0.494 e. The van der Waals surface area contributed by atoms with Crippen LogP contribution in [0.2, 0.25) is 0 Å². The average Bonchev–Trinajstić information content (AvgIpc) is 2.29. The van der Waals surface area contributed by atoms with E-state index in [9.17, 15) is 4.79 Å². The Morgan fingerprint density at radius 2 is 2.06 bits per heavy atom. The van der Waals surface area contributed by atoms with Crippen LogP contribution < -0.4 is 15.8 Å². The van der Waals surface area contributed by atoms with Gasteiger partial charge in [-0.05, 0) is 26.8 Å². The van der Waals surface area contributed by atoms with E-state index >= 15 is 0 Å². The Morgan fingerprint density at radius 1 is 1.41 bits per heavy atom. The second kappa shape index (κ2) is 6.25. The molecule has 0 aliphatic carbocycles. The molecule has 0 radical (unpaired) electrons. The number of benzene rings is 1. The molecule has 2 atom stereocenters. The average molecular weight is 236 g/mol. The van der Waals surface area contributed by atoms with Crippen LogP contribution >= 0.6 is 0 Å². The molecule has 1 unspecified atom stereocenters. The Morgan fingerprint density at radius 3 is 2.65 bits per heavy atom. The van der Waals surface area contributed by atoms with Crippen molar-refractivity contribution in [1.29, 1.82) is 0 Å². The van der Waals surface area contributed by atoms with Crippen molar-refractivity contribution in [2.45, 2.75) is 32.9 Å². The number of ether oxygens (including phenoxy) is 1. The SMILES string of the molecule is CCOc1ccccc1C(C)NC(=O)[C@@H](C)N. The van der Waals surface area contributed by atoms with Gasteiger partial charge in [-0.2, -0.15) is 0 Å². The molecule has 4 nitrogen and oxygen atoms in total. The highest BCUT2D eigenvalue weighted by molar-refractivity contribution is 5.81. The first kappa shape index (κ1) is 13.5. The van der Waals surface area contributed by atoms with E-state index in [1.807, 2.05) is 38.1 Å². The maximum Gasteiger partial charge on any atom is 0.237 e. The smallest absolute Gasteiger partial charge is 0.237 e. The van der Waals surface area contributed by atoms with Crippen LogP contribution in [0.3, 0.4) is 0 Å². The first-order valence-electron chi connectivity index (χ1n) is 5.84. The van der Waals surface area contributed by atoms with Gasteiger partial charge in [-0.3, -0.25) is 4.79 Å². The van der Waals surface area contributed by atoms with Crippen LogP contribution in [0.25, 0.3) is 0 Å². The van der Waals surface area contributed by atoms with E-state index in [-0.39, 0.29) is 11.9 Å². The Hall–Kier alpha value is -1.55. The third-order valence-corrected chi connectivity index (χ3v) is 2.46. The van der Waals surface area contributed by atoms with Crippen molar-refractivity contribution < 1.29 is 9.53 Å². The Labute approximate surface area is 102 Å². The molecule has 1 amide bonds. The van der Waals surface area contributed by atoms with Crippen LogP contribution in [0, 0.1) is 0 Å². The number of carbonyl (C=O) groups excluding carboxylic acids is 1. The monoisotopic (exact) mass is 236 g/mol. The molecular weight excluding hydrogens is 216 g/mol. The van der Waals surface area contributed by atoms with Crippen LogP contribution in [-0.4, -0.2) is 18.6 Å². The van der Waals surface area contributed by atoms with E-state index in [1.54, 1.807) is 6.92 Å².